The second-order valence-corrected chi connectivity index (χ2v) is 5.04. The summed E-state index contributed by atoms with van der Waals surface area (Å²) in [5.41, 5.74) is 7.57. The van der Waals surface area contributed by atoms with Crippen LogP contribution in [0.25, 0.3) is 0 Å². The third kappa shape index (κ3) is 2.72. The molecule has 0 unspecified atom stereocenters. The van der Waals surface area contributed by atoms with Gasteiger partial charge in [-0.2, -0.15) is 5.10 Å². The Kier molecular flexibility index (Phi) is 4.01. The Balaban J connectivity index is 2.06. The fourth-order valence-electron chi connectivity index (χ4n) is 2.57. The van der Waals surface area contributed by atoms with Crippen molar-refractivity contribution in [2.75, 3.05) is 0 Å². The molecule has 5 nitrogen and oxygen atoms in total. The molecule has 1 heterocycles. The van der Waals surface area contributed by atoms with Gasteiger partial charge in [0.25, 0.3) is 5.91 Å². The molecule has 0 spiro atoms. The number of hydrogen-bond acceptors (Lipinski definition) is 3. The van der Waals surface area contributed by atoms with Crippen LogP contribution in [-0.2, 0) is 13.5 Å². The summed E-state index contributed by atoms with van der Waals surface area (Å²) in [6.45, 7) is 2.01. The van der Waals surface area contributed by atoms with Gasteiger partial charge in [-0.15, -0.1) is 0 Å². The van der Waals surface area contributed by atoms with Crippen LogP contribution in [0.15, 0.2) is 6.20 Å². The van der Waals surface area contributed by atoms with E-state index < -0.39 is 0 Å². The molecule has 0 saturated heterocycles. The van der Waals surface area contributed by atoms with Crippen LogP contribution in [0.2, 0.25) is 0 Å². The van der Waals surface area contributed by atoms with E-state index in [-0.39, 0.29) is 18.0 Å². The average Bonchev–Trinajstić information content (AvgIpc) is 2.73. The molecule has 1 fully saturated rings. The third-order valence-corrected chi connectivity index (χ3v) is 3.62. The first-order valence-electron chi connectivity index (χ1n) is 6.70. The molecule has 1 aliphatic rings. The van der Waals surface area contributed by atoms with Crippen LogP contribution < -0.4 is 11.1 Å². The minimum atomic E-state index is -0.0395. The zero-order chi connectivity index (χ0) is 13.1. The molecule has 0 aliphatic heterocycles. The summed E-state index contributed by atoms with van der Waals surface area (Å²) in [6.07, 6.45) is 6.84. The van der Waals surface area contributed by atoms with E-state index in [1.807, 2.05) is 14.0 Å². The molecule has 5 heteroatoms. The molecule has 1 amide bonds. The predicted octanol–water partition coefficient (Wildman–Crippen LogP) is 0.982. The third-order valence-electron chi connectivity index (χ3n) is 3.62. The van der Waals surface area contributed by atoms with E-state index in [4.69, 9.17) is 5.73 Å². The Morgan fingerprint density at radius 3 is 2.94 bits per heavy atom. The number of carbonyl (C=O) groups is 1. The van der Waals surface area contributed by atoms with Crippen molar-refractivity contribution in [2.24, 2.45) is 12.8 Å². The van der Waals surface area contributed by atoms with Crippen LogP contribution >= 0.6 is 0 Å². The fourth-order valence-corrected chi connectivity index (χ4v) is 2.57. The molecule has 3 N–H and O–H groups in total. The van der Waals surface area contributed by atoms with E-state index in [1.165, 1.54) is 6.42 Å². The average molecular weight is 250 g/mol. The van der Waals surface area contributed by atoms with Gasteiger partial charge in [-0.25, -0.2) is 0 Å². The lowest BCUT2D eigenvalue weighted by molar-refractivity contribution is 0.0920. The summed E-state index contributed by atoms with van der Waals surface area (Å²) in [5.74, 6) is -0.0395. The zero-order valence-electron chi connectivity index (χ0n) is 11.1. The summed E-state index contributed by atoms with van der Waals surface area (Å²) in [5, 5.41) is 7.34. The summed E-state index contributed by atoms with van der Waals surface area (Å²) in [6, 6.07) is 0.195. The molecule has 0 bridgehead atoms. The molecule has 1 saturated carbocycles. The Bertz CT molecular complexity index is 427. The minimum Gasteiger partial charge on any atom is -0.348 e. The molecule has 18 heavy (non-hydrogen) atoms. The maximum absolute atomic E-state index is 12.2. The number of aromatic nitrogens is 2. The first-order valence-corrected chi connectivity index (χ1v) is 6.70. The number of carbonyl (C=O) groups excluding carboxylic acids is 1. The number of amides is 1. The summed E-state index contributed by atoms with van der Waals surface area (Å²) in [7, 11) is 1.84. The highest BCUT2D eigenvalue weighted by molar-refractivity contribution is 5.95. The Labute approximate surface area is 108 Å². The van der Waals surface area contributed by atoms with Crippen LogP contribution in [0.3, 0.4) is 0 Å². The molecule has 1 aromatic heterocycles. The Morgan fingerprint density at radius 1 is 1.56 bits per heavy atom. The van der Waals surface area contributed by atoms with Gasteiger partial charge in [0, 0.05) is 25.3 Å². The van der Waals surface area contributed by atoms with Gasteiger partial charge in [0.05, 0.1) is 11.3 Å². The lowest BCUT2D eigenvalue weighted by atomic mass is 9.91. The van der Waals surface area contributed by atoms with E-state index in [2.05, 4.69) is 10.4 Å². The fraction of sp³-hybridized carbons (Fsp3) is 0.692. The number of nitrogens with one attached hydrogen (secondary N) is 1. The van der Waals surface area contributed by atoms with E-state index in [1.54, 1.807) is 10.9 Å². The normalized spacial score (nSPS) is 23.9. The maximum Gasteiger partial charge on any atom is 0.255 e. The van der Waals surface area contributed by atoms with Gasteiger partial charge in [-0.1, -0.05) is 19.8 Å². The van der Waals surface area contributed by atoms with Crippen molar-refractivity contribution >= 4 is 5.91 Å². The summed E-state index contributed by atoms with van der Waals surface area (Å²) < 4.78 is 1.69. The largest absolute Gasteiger partial charge is 0.348 e. The predicted molar refractivity (Wildman–Crippen MR) is 70.3 cm³/mol. The van der Waals surface area contributed by atoms with Crippen LogP contribution in [0.4, 0.5) is 0 Å². The maximum atomic E-state index is 12.2. The summed E-state index contributed by atoms with van der Waals surface area (Å²) >= 11 is 0. The molecule has 0 radical (unpaired) electrons. The molecular weight excluding hydrogens is 228 g/mol. The van der Waals surface area contributed by atoms with Gasteiger partial charge < -0.3 is 11.1 Å². The quantitative estimate of drug-likeness (QED) is 0.840. The highest BCUT2D eigenvalue weighted by Crippen LogP contribution is 2.17. The summed E-state index contributed by atoms with van der Waals surface area (Å²) in [4.78, 5) is 12.2. The van der Waals surface area contributed by atoms with Crippen molar-refractivity contribution in [3.8, 4) is 0 Å². The van der Waals surface area contributed by atoms with Crippen LogP contribution in [0.1, 0.15) is 48.7 Å². The van der Waals surface area contributed by atoms with E-state index in [0.717, 1.165) is 31.4 Å². The van der Waals surface area contributed by atoms with Crippen LogP contribution in [0, 0.1) is 0 Å². The molecule has 2 rings (SSSR count). The van der Waals surface area contributed by atoms with Gasteiger partial charge in [0.1, 0.15) is 0 Å². The van der Waals surface area contributed by atoms with Gasteiger partial charge in [0.15, 0.2) is 0 Å². The van der Waals surface area contributed by atoms with Crippen molar-refractivity contribution in [2.45, 2.75) is 51.1 Å². The zero-order valence-corrected chi connectivity index (χ0v) is 11.1. The van der Waals surface area contributed by atoms with Crippen LogP contribution in [0.5, 0.6) is 0 Å². The van der Waals surface area contributed by atoms with Crippen molar-refractivity contribution in [3.05, 3.63) is 17.5 Å². The van der Waals surface area contributed by atoms with E-state index in [0.29, 0.717) is 5.56 Å². The monoisotopic (exact) mass is 250 g/mol. The second kappa shape index (κ2) is 5.52. The number of aryl methyl sites for hydroxylation is 2. The highest BCUT2D eigenvalue weighted by Gasteiger charge is 2.25. The molecule has 2 atom stereocenters. The standard InChI is InChI=1S/C13H22N4O/c1-3-11-9(8-17(2)16-11)13(18)15-12-7-5-4-6-10(12)14/h8,10,12H,3-7,14H2,1-2H3,(H,15,18)/t10-,12-/m1/s1. The minimum absolute atomic E-state index is 0.0395. The van der Waals surface area contributed by atoms with Gasteiger partial charge in [-0.3, -0.25) is 9.48 Å². The van der Waals surface area contributed by atoms with E-state index >= 15 is 0 Å². The van der Waals surface area contributed by atoms with Crippen LogP contribution in [-0.4, -0.2) is 27.8 Å². The highest BCUT2D eigenvalue weighted by atomic mass is 16.1. The first kappa shape index (κ1) is 13.1. The Hall–Kier alpha value is -1.36. The number of nitrogens with zero attached hydrogens (tertiary/aromatic N) is 2. The van der Waals surface area contributed by atoms with Crippen molar-refractivity contribution in [1.29, 1.82) is 0 Å². The molecule has 100 valence electrons. The lowest BCUT2D eigenvalue weighted by Gasteiger charge is -2.29. The number of nitrogens with two attached hydrogens (primary N) is 1. The van der Waals surface area contributed by atoms with Gasteiger partial charge in [0.2, 0.25) is 0 Å². The van der Waals surface area contributed by atoms with E-state index in [9.17, 15) is 4.79 Å². The topological polar surface area (TPSA) is 72.9 Å². The smallest absolute Gasteiger partial charge is 0.255 e. The first-order chi connectivity index (χ1) is 8.61. The number of rotatable bonds is 3. The molecule has 1 aromatic rings. The molecule has 0 aromatic carbocycles. The second-order valence-electron chi connectivity index (χ2n) is 5.04. The SMILES string of the molecule is CCc1nn(C)cc1C(=O)N[C@@H]1CCCC[C@H]1N. The van der Waals surface area contributed by atoms with Gasteiger partial charge >= 0.3 is 0 Å². The van der Waals surface area contributed by atoms with Gasteiger partial charge in [-0.05, 0) is 19.3 Å². The number of hydrogen-bond donors (Lipinski definition) is 2. The lowest BCUT2D eigenvalue weighted by Crippen LogP contribution is -2.49. The molecule has 1 aliphatic carbocycles. The molecular formula is C13H22N4O. The van der Waals surface area contributed by atoms with Crippen molar-refractivity contribution in [3.63, 3.8) is 0 Å². The van der Waals surface area contributed by atoms with Crippen molar-refractivity contribution in [1.82, 2.24) is 15.1 Å². The van der Waals surface area contributed by atoms with Crippen molar-refractivity contribution < 1.29 is 4.79 Å². The Morgan fingerprint density at radius 2 is 2.28 bits per heavy atom.